The molecule has 0 heterocycles. The van der Waals surface area contributed by atoms with Gasteiger partial charge >= 0.3 is 0 Å². The van der Waals surface area contributed by atoms with E-state index in [-0.39, 0.29) is 30.4 Å². The van der Waals surface area contributed by atoms with E-state index in [0.29, 0.717) is 34.3 Å². The summed E-state index contributed by atoms with van der Waals surface area (Å²) in [5.74, 6) is 0.0124. The summed E-state index contributed by atoms with van der Waals surface area (Å²) in [6.45, 7) is 10.6. The Labute approximate surface area is 221 Å². The molecule has 0 saturated heterocycles. The van der Waals surface area contributed by atoms with Crippen LogP contribution in [0.2, 0.25) is 10.0 Å². The van der Waals surface area contributed by atoms with Crippen LogP contribution >= 0.6 is 39.1 Å². The van der Waals surface area contributed by atoms with Gasteiger partial charge in [-0.2, -0.15) is 0 Å². The van der Waals surface area contributed by atoms with Gasteiger partial charge in [-0.25, -0.2) is 0 Å². The third-order valence-electron chi connectivity index (χ3n) is 5.47. The topological polar surface area (TPSA) is 58.6 Å². The number of halogens is 3. The van der Waals surface area contributed by atoms with E-state index in [1.807, 2.05) is 32.0 Å². The fourth-order valence-electron chi connectivity index (χ4n) is 3.45. The molecule has 0 aromatic heterocycles. The highest BCUT2D eigenvalue weighted by molar-refractivity contribution is 9.10. The fraction of sp³-hybridized carbons (Fsp3) is 0.462. The lowest BCUT2D eigenvalue weighted by Crippen LogP contribution is -2.50. The van der Waals surface area contributed by atoms with Gasteiger partial charge in [-0.15, -0.1) is 0 Å². The van der Waals surface area contributed by atoms with Crippen molar-refractivity contribution in [1.82, 2.24) is 10.2 Å². The minimum Gasteiger partial charge on any atom is -0.483 e. The van der Waals surface area contributed by atoms with Gasteiger partial charge in [-0.05, 0) is 64.0 Å². The molecule has 34 heavy (non-hydrogen) atoms. The molecular formula is C26H33BrCl2N2O3. The van der Waals surface area contributed by atoms with Gasteiger partial charge in [-0.3, -0.25) is 9.59 Å². The van der Waals surface area contributed by atoms with Crippen molar-refractivity contribution >= 4 is 50.9 Å². The number of ether oxygens (including phenoxy) is 1. The fourth-order valence-corrected chi connectivity index (χ4v) is 4.46. The normalized spacial score (nSPS) is 12.2. The molecular weight excluding hydrogens is 539 g/mol. The van der Waals surface area contributed by atoms with E-state index in [4.69, 9.17) is 27.9 Å². The van der Waals surface area contributed by atoms with Crippen molar-refractivity contribution in [3.05, 3.63) is 62.0 Å². The number of nitrogens with zero attached hydrogens (tertiary/aromatic N) is 1. The van der Waals surface area contributed by atoms with Crippen LogP contribution in [0.25, 0.3) is 0 Å². The van der Waals surface area contributed by atoms with Crippen molar-refractivity contribution in [3.63, 3.8) is 0 Å². The minimum absolute atomic E-state index is 0.0118. The highest BCUT2D eigenvalue weighted by atomic mass is 79.9. The molecule has 5 nitrogen and oxygen atoms in total. The first kappa shape index (κ1) is 28.5. The Morgan fingerprint density at radius 3 is 2.29 bits per heavy atom. The van der Waals surface area contributed by atoms with Crippen LogP contribution in [0, 0.1) is 0 Å². The highest BCUT2D eigenvalue weighted by Gasteiger charge is 2.30. The van der Waals surface area contributed by atoms with E-state index in [1.54, 1.807) is 18.2 Å². The average Bonchev–Trinajstić information content (AvgIpc) is 2.77. The molecule has 1 atom stereocenters. The molecule has 0 radical (unpaired) electrons. The molecule has 8 heteroatoms. The van der Waals surface area contributed by atoms with Gasteiger partial charge in [0.15, 0.2) is 6.61 Å². The second kappa shape index (κ2) is 12.8. The quantitative estimate of drug-likeness (QED) is 0.342. The molecule has 0 aliphatic carbocycles. The third kappa shape index (κ3) is 7.62. The van der Waals surface area contributed by atoms with Crippen molar-refractivity contribution in [3.8, 4) is 5.75 Å². The molecule has 0 aliphatic rings. The van der Waals surface area contributed by atoms with Crippen LogP contribution in [-0.4, -0.2) is 35.9 Å². The maximum atomic E-state index is 13.4. The molecule has 0 spiro atoms. The number of hydrogen-bond donors (Lipinski definition) is 1. The van der Waals surface area contributed by atoms with Crippen LogP contribution in [-0.2, 0) is 21.5 Å². The van der Waals surface area contributed by atoms with Gasteiger partial charge in [0.1, 0.15) is 11.8 Å². The Balaban J connectivity index is 2.29. The van der Waals surface area contributed by atoms with Gasteiger partial charge in [0.2, 0.25) is 5.91 Å². The monoisotopic (exact) mass is 570 g/mol. The number of carbonyl (C=O) groups excluding carboxylic acids is 2. The van der Waals surface area contributed by atoms with Crippen LogP contribution < -0.4 is 10.1 Å². The zero-order chi connectivity index (χ0) is 25.5. The summed E-state index contributed by atoms with van der Waals surface area (Å²) in [6, 6.07) is 10.3. The van der Waals surface area contributed by atoms with Crippen LogP contribution in [0.5, 0.6) is 5.75 Å². The summed E-state index contributed by atoms with van der Waals surface area (Å²) in [4.78, 5) is 27.8. The largest absolute Gasteiger partial charge is 0.483 e. The predicted octanol–water partition coefficient (Wildman–Crippen LogP) is 6.77. The Morgan fingerprint density at radius 1 is 1.12 bits per heavy atom. The van der Waals surface area contributed by atoms with Crippen molar-refractivity contribution < 1.29 is 14.3 Å². The summed E-state index contributed by atoms with van der Waals surface area (Å²) in [5, 5.41) is 3.77. The third-order valence-corrected chi connectivity index (χ3v) is 6.80. The minimum atomic E-state index is -0.679. The zero-order valence-corrected chi connectivity index (χ0v) is 23.5. The molecule has 0 unspecified atom stereocenters. The predicted molar refractivity (Wildman–Crippen MR) is 143 cm³/mol. The van der Waals surface area contributed by atoms with Crippen LogP contribution in [0.1, 0.15) is 58.6 Å². The Kier molecular flexibility index (Phi) is 10.7. The number of nitrogens with one attached hydrogen (secondary N) is 1. The van der Waals surface area contributed by atoms with Gasteiger partial charge in [0.05, 0.1) is 4.47 Å². The van der Waals surface area contributed by atoms with Crippen molar-refractivity contribution in [2.45, 2.75) is 65.5 Å². The number of carbonyl (C=O) groups is 2. The SMILES string of the molecule is CCCNC(=O)[C@H](CC)N(Cc1c(Cl)cccc1Cl)C(=O)COc1ccc(C(C)(C)C)cc1Br. The van der Waals surface area contributed by atoms with Crippen LogP contribution in [0.15, 0.2) is 40.9 Å². The first-order valence-electron chi connectivity index (χ1n) is 11.4. The van der Waals surface area contributed by atoms with E-state index >= 15 is 0 Å². The van der Waals surface area contributed by atoms with E-state index in [1.165, 1.54) is 4.90 Å². The van der Waals surface area contributed by atoms with Gasteiger partial charge in [0, 0.05) is 28.7 Å². The molecule has 0 saturated carbocycles. The summed E-state index contributed by atoms with van der Waals surface area (Å²) in [5.41, 5.74) is 1.73. The molecule has 186 valence electrons. The summed E-state index contributed by atoms with van der Waals surface area (Å²) in [7, 11) is 0. The summed E-state index contributed by atoms with van der Waals surface area (Å²) >= 11 is 16.3. The van der Waals surface area contributed by atoms with Gasteiger partial charge in [0.25, 0.3) is 5.91 Å². The molecule has 2 rings (SSSR count). The number of hydrogen-bond acceptors (Lipinski definition) is 3. The molecule has 2 aromatic rings. The van der Waals surface area contributed by atoms with Crippen molar-refractivity contribution in [2.75, 3.05) is 13.2 Å². The van der Waals surface area contributed by atoms with E-state index in [9.17, 15) is 9.59 Å². The second-order valence-corrected chi connectivity index (χ2v) is 10.8. The first-order valence-corrected chi connectivity index (χ1v) is 13.0. The van der Waals surface area contributed by atoms with Crippen molar-refractivity contribution in [1.29, 1.82) is 0 Å². The molecule has 0 bridgehead atoms. The van der Waals surface area contributed by atoms with Crippen LogP contribution in [0.4, 0.5) is 0 Å². The second-order valence-electron chi connectivity index (χ2n) is 9.12. The maximum Gasteiger partial charge on any atom is 0.261 e. The lowest BCUT2D eigenvalue weighted by Gasteiger charge is -2.31. The average molecular weight is 572 g/mol. The van der Waals surface area contributed by atoms with Gasteiger partial charge in [-0.1, -0.05) is 70.0 Å². The molecule has 0 aliphatic heterocycles. The number of rotatable bonds is 10. The number of amides is 2. The first-order chi connectivity index (χ1) is 16.0. The standard InChI is InChI=1S/C26H33BrCl2N2O3/c1-6-13-30-25(33)22(7-2)31(15-18-20(28)9-8-10-21(18)29)24(32)16-34-23-12-11-17(14-19(23)27)26(3,4)5/h8-12,14,22H,6-7,13,15-16H2,1-5H3,(H,30,33)/t22-/m0/s1. The smallest absolute Gasteiger partial charge is 0.261 e. The number of benzene rings is 2. The zero-order valence-electron chi connectivity index (χ0n) is 20.4. The Bertz CT molecular complexity index is 988. The van der Waals surface area contributed by atoms with E-state index in [0.717, 1.165) is 16.5 Å². The molecule has 0 fully saturated rings. The molecule has 1 N–H and O–H groups in total. The molecule has 2 aromatic carbocycles. The Hall–Kier alpha value is -1.76. The van der Waals surface area contributed by atoms with Crippen molar-refractivity contribution in [2.24, 2.45) is 0 Å². The lowest BCUT2D eigenvalue weighted by molar-refractivity contribution is -0.143. The Morgan fingerprint density at radius 2 is 1.76 bits per heavy atom. The summed E-state index contributed by atoms with van der Waals surface area (Å²) in [6.07, 6.45) is 1.24. The van der Waals surface area contributed by atoms with E-state index in [2.05, 4.69) is 42.0 Å². The lowest BCUT2D eigenvalue weighted by atomic mass is 9.87. The molecule has 2 amide bonds. The van der Waals surface area contributed by atoms with E-state index < -0.39 is 6.04 Å². The highest BCUT2D eigenvalue weighted by Crippen LogP contribution is 2.32. The maximum absolute atomic E-state index is 13.4. The van der Waals surface area contributed by atoms with Crippen LogP contribution in [0.3, 0.4) is 0 Å². The summed E-state index contributed by atoms with van der Waals surface area (Å²) < 4.78 is 6.63. The van der Waals surface area contributed by atoms with Gasteiger partial charge < -0.3 is 15.0 Å².